The minimum Gasteiger partial charge on any atom is -0.478 e. The first-order valence-corrected chi connectivity index (χ1v) is 6.60. The predicted molar refractivity (Wildman–Crippen MR) is 86.3 cm³/mol. The van der Waals surface area contributed by atoms with E-state index in [9.17, 15) is 9.18 Å². The zero-order valence-corrected chi connectivity index (χ0v) is 12.1. The number of hydrazone groups is 1. The van der Waals surface area contributed by atoms with Crippen molar-refractivity contribution in [2.45, 2.75) is 0 Å². The van der Waals surface area contributed by atoms with Gasteiger partial charge in [-0.1, -0.05) is 30.3 Å². The molecule has 0 aliphatic rings. The molecule has 0 atom stereocenters. The average Bonchev–Trinajstić information content (AvgIpc) is 2.47. The molecule has 0 saturated heterocycles. The van der Waals surface area contributed by atoms with E-state index in [1.807, 2.05) is 0 Å². The lowest BCUT2D eigenvalue weighted by molar-refractivity contribution is 0.0692. The highest BCUT2D eigenvalue weighted by molar-refractivity contribution is 7.80. The molecule has 2 rings (SSSR count). The second-order valence-corrected chi connectivity index (χ2v) is 4.80. The van der Waals surface area contributed by atoms with E-state index in [1.165, 1.54) is 18.3 Å². The molecule has 7 heteroatoms. The van der Waals surface area contributed by atoms with Gasteiger partial charge in [0.25, 0.3) is 0 Å². The van der Waals surface area contributed by atoms with Crippen molar-refractivity contribution in [1.82, 2.24) is 5.43 Å². The van der Waals surface area contributed by atoms with Gasteiger partial charge in [0.1, 0.15) is 5.82 Å². The highest BCUT2D eigenvalue weighted by atomic mass is 32.1. The van der Waals surface area contributed by atoms with Crippen LogP contribution in [-0.4, -0.2) is 22.4 Å². The van der Waals surface area contributed by atoms with Crippen LogP contribution < -0.4 is 11.2 Å². The van der Waals surface area contributed by atoms with Gasteiger partial charge in [-0.05, 0) is 41.0 Å². The van der Waals surface area contributed by atoms with Crippen molar-refractivity contribution in [1.29, 1.82) is 0 Å². The molecule has 0 aliphatic heterocycles. The molecule has 0 radical (unpaired) electrons. The molecule has 0 aliphatic carbocycles. The van der Waals surface area contributed by atoms with Crippen molar-refractivity contribution in [3.63, 3.8) is 0 Å². The average molecular weight is 317 g/mol. The third kappa shape index (κ3) is 3.86. The van der Waals surface area contributed by atoms with Gasteiger partial charge in [-0.3, -0.25) is 5.43 Å². The van der Waals surface area contributed by atoms with Crippen LogP contribution in [0.25, 0.3) is 11.1 Å². The van der Waals surface area contributed by atoms with E-state index in [0.717, 1.165) is 11.1 Å². The Hall–Kier alpha value is -2.80. The normalized spacial score (nSPS) is 10.6. The van der Waals surface area contributed by atoms with E-state index in [1.54, 1.807) is 30.3 Å². The summed E-state index contributed by atoms with van der Waals surface area (Å²) in [6, 6.07) is 11.1. The fourth-order valence-electron chi connectivity index (χ4n) is 1.80. The van der Waals surface area contributed by atoms with Crippen molar-refractivity contribution in [3.05, 3.63) is 59.4 Å². The molecular weight excluding hydrogens is 305 g/mol. The number of hydrogen-bond donors (Lipinski definition) is 3. The molecule has 112 valence electrons. The Bertz CT molecular complexity index is 745. The molecule has 0 heterocycles. The number of nitrogens with two attached hydrogens (primary N) is 1. The van der Waals surface area contributed by atoms with Crippen LogP contribution >= 0.6 is 12.2 Å². The molecular formula is C15H12FN3O2S. The van der Waals surface area contributed by atoms with Gasteiger partial charge in [-0.25, -0.2) is 9.18 Å². The van der Waals surface area contributed by atoms with E-state index >= 15 is 0 Å². The van der Waals surface area contributed by atoms with Gasteiger partial charge in [-0.2, -0.15) is 5.10 Å². The number of halogens is 1. The second kappa shape index (κ2) is 6.77. The zero-order valence-electron chi connectivity index (χ0n) is 11.3. The minimum atomic E-state index is -1.29. The Morgan fingerprint density at radius 1 is 1.23 bits per heavy atom. The fourth-order valence-corrected chi connectivity index (χ4v) is 1.85. The van der Waals surface area contributed by atoms with E-state index in [0.29, 0.717) is 5.56 Å². The van der Waals surface area contributed by atoms with E-state index in [4.69, 9.17) is 10.8 Å². The molecule has 22 heavy (non-hydrogen) atoms. The Labute approximate surface area is 131 Å². The van der Waals surface area contributed by atoms with Crippen molar-refractivity contribution < 1.29 is 14.3 Å². The monoisotopic (exact) mass is 317 g/mol. The van der Waals surface area contributed by atoms with Gasteiger partial charge in [0.2, 0.25) is 0 Å². The summed E-state index contributed by atoms with van der Waals surface area (Å²) in [7, 11) is 0. The van der Waals surface area contributed by atoms with Gasteiger partial charge in [0, 0.05) is 0 Å². The van der Waals surface area contributed by atoms with Crippen molar-refractivity contribution in [3.8, 4) is 11.1 Å². The molecule has 0 bridgehead atoms. The SMILES string of the molecule is NC(=S)NN=Cc1ccc(-c2ccc(C(=O)O)c(F)c2)cc1. The number of benzene rings is 2. The van der Waals surface area contributed by atoms with Crippen LogP contribution in [0.15, 0.2) is 47.6 Å². The van der Waals surface area contributed by atoms with Crippen LogP contribution in [0.1, 0.15) is 15.9 Å². The standard InChI is InChI=1S/C15H12FN3O2S/c16-13-7-11(5-6-12(13)14(20)21)10-3-1-9(2-4-10)8-18-19-15(17)22/h1-8H,(H,20,21)(H3,17,19,22). The maximum Gasteiger partial charge on any atom is 0.338 e. The quantitative estimate of drug-likeness (QED) is 0.458. The molecule has 0 aromatic heterocycles. The number of carboxylic acid groups (broad SMARTS) is 1. The van der Waals surface area contributed by atoms with Crippen molar-refractivity contribution in [2.24, 2.45) is 10.8 Å². The fraction of sp³-hybridized carbons (Fsp3) is 0. The maximum atomic E-state index is 13.7. The first-order valence-electron chi connectivity index (χ1n) is 6.19. The lowest BCUT2D eigenvalue weighted by Gasteiger charge is -2.04. The number of hydrogen-bond acceptors (Lipinski definition) is 3. The lowest BCUT2D eigenvalue weighted by Crippen LogP contribution is -2.23. The molecule has 5 nitrogen and oxygen atoms in total. The van der Waals surface area contributed by atoms with Crippen LogP contribution in [-0.2, 0) is 0 Å². The number of aromatic carboxylic acids is 1. The molecule has 2 aromatic rings. The zero-order chi connectivity index (χ0) is 16.1. The van der Waals surface area contributed by atoms with E-state index in [2.05, 4.69) is 22.7 Å². The molecule has 0 amide bonds. The highest BCUT2D eigenvalue weighted by Gasteiger charge is 2.10. The second-order valence-electron chi connectivity index (χ2n) is 4.36. The first-order chi connectivity index (χ1) is 10.5. The third-order valence-electron chi connectivity index (χ3n) is 2.83. The summed E-state index contributed by atoms with van der Waals surface area (Å²) >= 11 is 4.61. The molecule has 0 unspecified atom stereocenters. The van der Waals surface area contributed by atoms with Crippen LogP contribution in [0.4, 0.5) is 4.39 Å². The van der Waals surface area contributed by atoms with Crippen molar-refractivity contribution >= 4 is 29.5 Å². The Kier molecular flexibility index (Phi) is 4.80. The molecule has 4 N–H and O–H groups in total. The Morgan fingerprint density at radius 3 is 2.41 bits per heavy atom. The number of carboxylic acids is 1. The number of thiocarbonyl (C=S) groups is 1. The summed E-state index contributed by atoms with van der Waals surface area (Å²) in [4.78, 5) is 10.8. The van der Waals surface area contributed by atoms with Gasteiger partial charge >= 0.3 is 5.97 Å². The topological polar surface area (TPSA) is 87.7 Å². The first kappa shape index (κ1) is 15.6. The summed E-state index contributed by atoms with van der Waals surface area (Å²) in [6.07, 6.45) is 1.54. The van der Waals surface area contributed by atoms with Gasteiger partial charge < -0.3 is 10.8 Å². The summed E-state index contributed by atoms with van der Waals surface area (Å²) < 4.78 is 13.7. The number of rotatable bonds is 4. The summed E-state index contributed by atoms with van der Waals surface area (Å²) in [5, 5.41) is 12.7. The van der Waals surface area contributed by atoms with Gasteiger partial charge in [-0.15, -0.1) is 0 Å². The number of carbonyl (C=O) groups is 1. The lowest BCUT2D eigenvalue weighted by atomic mass is 10.0. The molecule has 0 spiro atoms. The van der Waals surface area contributed by atoms with Gasteiger partial charge in [0.15, 0.2) is 5.11 Å². The smallest absolute Gasteiger partial charge is 0.338 e. The predicted octanol–water partition coefficient (Wildman–Crippen LogP) is 2.36. The molecule has 0 fully saturated rings. The minimum absolute atomic E-state index is 0.0712. The van der Waals surface area contributed by atoms with Crippen LogP contribution in [0.5, 0.6) is 0 Å². The van der Waals surface area contributed by atoms with Crippen LogP contribution in [0.3, 0.4) is 0 Å². The van der Waals surface area contributed by atoms with Crippen LogP contribution in [0, 0.1) is 5.82 Å². The summed E-state index contributed by atoms with van der Waals surface area (Å²) in [5.41, 5.74) is 9.47. The summed E-state index contributed by atoms with van der Waals surface area (Å²) in [6.45, 7) is 0. The number of nitrogens with zero attached hydrogens (tertiary/aromatic N) is 1. The summed E-state index contributed by atoms with van der Waals surface area (Å²) in [5.74, 6) is -2.06. The highest BCUT2D eigenvalue weighted by Crippen LogP contribution is 2.22. The Morgan fingerprint density at radius 2 is 1.86 bits per heavy atom. The molecule has 2 aromatic carbocycles. The number of nitrogens with one attached hydrogen (secondary N) is 1. The van der Waals surface area contributed by atoms with E-state index in [-0.39, 0.29) is 10.7 Å². The third-order valence-corrected chi connectivity index (χ3v) is 2.92. The molecule has 0 saturated carbocycles. The Balaban J connectivity index is 2.20. The van der Waals surface area contributed by atoms with Crippen LogP contribution in [0.2, 0.25) is 0 Å². The van der Waals surface area contributed by atoms with Crippen molar-refractivity contribution in [2.75, 3.05) is 0 Å². The van der Waals surface area contributed by atoms with E-state index < -0.39 is 11.8 Å². The van der Waals surface area contributed by atoms with Gasteiger partial charge in [0.05, 0.1) is 11.8 Å². The maximum absolute atomic E-state index is 13.7. The largest absolute Gasteiger partial charge is 0.478 e.